The summed E-state index contributed by atoms with van der Waals surface area (Å²) in [6, 6.07) is 6.72. The van der Waals surface area contributed by atoms with Gasteiger partial charge < -0.3 is 9.67 Å². The fourth-order valence-electron chi connectivity index (χ4n) is 2.08. The van der Waals surface area contributed by atoms with Crippen molar-refractivity contribution in [1.29, 1.82) is 0 Å². The number of rotatable bonds is 2. The van der Waals surface area contributed by atoms with Crippen molar-refractivity contribution in [3.63, 3.8) is 0 Å². The largest absolute Gasteiger partial charge is 0.478 e. The molecule has 0 spiro atoms. The summed E-state index contributed by atoms with van der Waals surface area (Å²) in [5, 5.41) is 8.92. The third-order valence-electron chi connectivity index (χ3n) is 2.85. The van der Waals surface area contributed by atoms with Crippen molar-refractivity contribution in [1.82, 2.24) is 4.57 Å². The van der Waals surface area contributed by atoms with Crippen molar-refractivity contribution in [3.8, 4) is 5.69 Å². The van der Waals surface area contributed by atoms with Gasteiger partial charge in [-0.1, -0.05) is 0 Å². The van der Waals surface area contributed by atoms with Gasteiger partial charge in [0.15, 0.2) is 5.43 Å². The maximum absolute atomic E-state index is 13.4. The Bertz CT molecular complexity index is 693. The molecule has 1 aromatic carbocycles. The number of carboxylic acid groups (broad SMARTS) is 1. The lowest BCUT2D eigenvalue weighted by atomic mass is 10.1. The Hall–Kier alpha value is -2.43. The number of nitrogens with zero attached hydrogens (tertiary/aromatic N) is 1. The minimum absolute atomic E-state index is 0.119. The summed E-state index contributed by atoms with van der Waals surface area (Å²) in [4.78, 5) is 22.3. The van der Waals surface area contributed by atoms with Gasteiger partial charge in [0.2, 0.25) is 0 Å². The molecule has 1 heterocycles. The molecule has 1 aromatic heterocycles. The van der Waals surface area contributed by atoms with Crippen LogP contribution in [0.2, 0.25) is 0 Å². The van der Waals surface area contributed by atoms with Crippen LogP contribution in [0.5, 0.6) is 0 Å². The van der Waals surface area contributed by atoms with E-state index in [9.17, 15) is 14.0 Å². The summed E-state index contributed by atoms with van der Waals surface area (Å²) in [6.45, 7) is 3.47. The zero-order valence-corrected chi connectivity index (χ0v) is 10.5. The highest BCUT2D eigenvalue weighted by molar-refractivity contribution is 5.88. The Balaban J connectivity index is 2.70. The number of aromatic carboxylic acids is 1. The van der Waals surface area contributed by atoms with Crippen molar-refractivity contribution >= 4 is 5.97 Å². The molecule has 1 N–H and O–H groups in total. The molecule has 5 heteroatoms. The van der Waals surface area contributed by atoms with E-state index in [1.165, 1.54) is 24.3 Å². The van der Waals surface area contributed by atoms with Gasteiger partial charge >= 0.3 is 5.97 Å². The van der Waals surface area contributed by atoms with Crippen molar-refractivity contribution in [2.75, 3.05) is 0 Å². The lowest BCUT2D eigenvalue weighted by molar-refractivity contribution is 0.0692. The van der Waals surface area contributed by atoms with Crippen LogP contribution in [0.25, 0.3) is 5.69 Å². The molecule has 2 aromatic rings. The van der Waals surface area contributed by atoms with Crippen molar-refractivity contribution in [2.24, 2.45) is 0 Å². The number of aryl methyl sites for hydroxylation is 2. The maximum atomic E-state index is 13.4. The third kappa shape index (κ3) is 2.40. The number of pyridine rings is 1. The number of halogens is 1. The van der Waals surface area contributed by atoms with Crippen LogP contribution in [-0.4, -0.2) is 15.6 Å². The second kappa shape index (κ2) is 4.68. The fraction of sp³-hybridized carbons (Fsp3) is 0.143. The average molecular weight is 261 g/mol. The van der Waals surface area contributed by atoms with E-state index in [0.717, 1.165) is 6.07 Å². The van der Waals surface area contributed by atoms with E-state index >= 15 is 0 Å². The van der Waals surface area contributed by atoms with Crippen molar-refractivity contribution in [3.05, 3.63) is 63.3 Å². The van der Waals surface area contributed by atoms with Gasteiger partial charge in [-0.05, 0) is 32.0 Å². The molecule has 0 saturated carbocycles. The Kier molecular flexibility index (Phi) is 3.21. The minimum atomic E-state index is -1.32. The number of benzene rings is 1. The van der Waals surface area contributed by atoms with Gasteiger partial charge in [-0.25, -0.2) is 9.18 Å². The van der Waals surface area contributed by atoms with Crippen LogP contribution in [0.4, 0.5) is 4.39 Å². The summed E-state index contributed by atoms with van der Waals surface area (Å²) in [7, 11) is 0. The molecular weight excluding hydrogens is 249 g/mol. The Morgan fingerprint density at radius 3 is 2.26 bits per heavy atom. The van der Waals surface area contributed by atoms with Gasteiger partial charge in [0.05, 0.1) is 5.56 Å². The average Bonchev–Trinajstić information content (AvgIpc) is 2.29. The molecule has 0 aliphatic heterocycles. The van der Waals surface area contributed by atoms with Crippen LogP contribution < -0.4 is 5.43 Å². The van der Waals surface area contributed by atoms with Gasteiger partial charge in [-0.2, -0.15) is 0 Å². The van der Waals surface area contributed by atoms with Gasteiger partial charge in [-0.3, -0.25) is 4.79 Å². The number of hydrogen-bond acceptors (Lipinski definition) is 2. The van der Waals surface area contributed by atoms with Crippen LogP contribution in [-0.2, 0) is 0 Å². The first kappa shape index (κ1) is 13.0. The topological polar surface area (TPSA) is 59.3 Å². The molecule has 0 aliphatic rings. The van der Waals surface area contributed by atoms with Gasteiger partial charge in [0, 0.05) is 29.2 Å². The monoisotopic (exact) mass is 261 g/mol. The predicted octanol–water partition coefficient (Wildman–Crippen LogP) is 2.29. The Morgan fingerprint density at radius 2 is 1.74 bits per heavy atom. The van der Waals surface area contributed by atoms with E-state index in [4.69, 9.17) is 5.11 Å². The van der Waals surface area contributed by atoms with E-state index in [-0.39, 0.29) is 5.43 Å². The summed E-state index contributed by atoms with van der Waals surface area (Å²) in [6.07, 6.45) is 0. The number of hydrogen-bond donors (Lipinski definition) is 1. The molecule has 4 nitrogen and oxygen atoms in total. The Morgan fingerprint density at radius 1 is 1.16 bits per heavy atom. The summed E-state index contributed by atoms with van der Waals surface area (Å²) in [5.41, 5.74) is 1.32. The van der Waals surface area contributed by atoms with E-state index in [2.05, 4.69) is 0 Å². The van der Waals surface area contributed by atoms with Gasteiger partial charge in [0.1, 0.15) is 5.82 Å². The molecule has 0 fully saturated rings. The molecule has 0 saturated heterocycles. The van der Waals surface area contributed by atoms with Crippen LogP contribution in [0, 0.1) is 19.7 Å². The highest BCUT2D eigenvalue weighted by Gasteiger charge is 2.13. The summed E-state index contributed by atoms with van der Waals surface area (Å²) >= 11 is 0. The van der Waals surface area contributed by atoms with E-state index in [1.54, 1.807) is 18.4 Å². The first-order chi connectivity index (χ1) is 8.90. The van der Waals surface area contributed by atoms with Crippen LogP contribution >= 0.6 is 0 Å². The Labute approximate surface area is 108 Å². The standard InChI is InChI=1S/C14H12FNO3/c1-8-5-11(17)6-9(2)16(8)10-3-4-13(15)12(7-10)14(18)19/h3-7H,1-2H3,(H,18,19). The third-order valence-corrected chi connectivity index (χ3v) is 2.85. The summed E-state index contributed by atoms with van der Waals surface area (Å²) < 4.78 is 15.1. The first-order valence-corrected chi connectivity index (χ1v) is 5.63. The molecular formula is C14H12FNO3. The highest BCUT2D eigenvalue weighted by atomic mass is 19.1. The molecule has 0 amide bonds. The predicted molar refractivity (Wildman–Crippen MR) is 68.4 cm³/mol. The van der Waals surface area contributed by atoms with Crippen LogP contribution in [0.15, 0.2) is 35.1 Å². The molecule has 0 unspecified atom stereocenters. The quantitative estimate of drug-likeness (QED) is 0.902. The minimum Gasteiger partial charge on any atom is -0.478 e. The molecule has 0 aliphatic carbocycles. The van der Waals surface area contributed by atoms with E-state index in [0.29, 0.717) is 17.1 Å². The lowest BCUT2D eigenvalue weighted by Crippen LogP contribution is -2.12. The summed E-state index contributed by atoms with van der Waals surface area (Å²) in [5.74, 6) is -2.11. The fourth-order valence-corrected chi connectivity index (χ4v) is 2.08. The zero-order valence-electron chi connectivity index (χ0n) is 10.5. The van der Waals surface area contributed by atoms with E-state index < -0.39 is 17.3 Å². The van der Waals surface area contributed by atoms with Crippen LogP contribution in [0.3, 0.4) is 0 Å². The number of aromatic nitrogens is 1. The molecule has 98 valence electrons. The SMILES string of the molecule is Cc1cc(=O)cc(C)n1-c1ccc(F)c(C(=O)O)c1. The van der Waals surface area contributed by atoms with Crippen LogP contribution in [0.1, 0.15) is 21.7 Å². The normalized spacial score (nSPS) is 10.5. The second-order valence-corrected chi connectivity index (χ2v) is 4.28. The molecule has 19 heavy (non-hydrogen) atoms. The highest BCUT2D eigenvalue weighted by Crippen LogP contribution is 2.17. The lowest BCUT2D eigenvalue weighted by Gasteiger charge is -2.14. The van der Waals surface area contributed by atoms with Crippen molar-refractivity contribution in [2.45, 2.75) is 13.8 Å². The zero-order chi connectivity index (χ0) is 14.2. The maximum Gasteiger partial charge on any atom is 0.338 e. The van der Waals surface area contributed by atoms with E-state index in [1.807, 2.05) is 0 Å². The number of carboxylic acids is 1. The molecule has 0 bridgehead atoms. The first-order valence-electron chi connectivity index (χ1n) is 5.63. The number of carbonyl (C=O) groups is 1. The molecule has 0 radical (unpaired) electrons. The smallest absolute Gasteiger partial charge is 0.338 e. The van der Waals surface area contributed by atoms with Gasteiger partial charge in [-0.15, -0.1) is 0 Å². The second-order valence-electron chi connectivity index (χ2n) is 4.28. The molecule has 0 atom stereocenters. The van der Waals surface area contributed by atoms with Crippen molar-refractivity contribution < 1.29 is 14.3 Å². The molecule has 2 rings (SSSR count). The van der Waals surface area contributed by atoms with Gasteiger partial charge in [0.25, 0.3) is 0 Å².